The molecule has 0 amide bonds. The van der Waals surface area contributed by atoms with Crippen molar-refractivity contribution < 1.29 is 64.4 Å². The monoisotopic (exact) mass is 240 g/mol. The van der Waals surface area contributed by atoms with Crippen molar-refractivity contribution in [1.82, 2.24) is 0 Å². The normalized spacial score (nSPS) is 6.57. The minimum atomic E-state index is -2.33. The zero-order valence-corrected chi connectivity index (χ0v) is 11.7. The Labute approximate surface area is 131 Å². The topological polar surface area (TPSA) is 141 Å². The van der Waals surface area contributed by atoms with Crippen LogP contribution in [0.4, 0.5) is 4.79 Å². The van der Waals surface area contributed by atoms with Gasteiger partial charge in [-0.25, -0.2) is 0 Å². The van der Waals surface area contributed by atoms with Crippen LogP contribution in [-0.2, 0) is 9.59 Å². The summed E-state index contributed by atoms with van der Waals surface area (Å²) in [4.78, 5) is 27.5. The molecular formula is C5H5CaNaO7. The Morgan fingerprint density at radius 2 is 1.29 bits per heavy atom. The summed E-state index contributed by atoms with van der Waals surface area (Å²) >= 11 is 0. The van der Waals surface area contributed by atoms with Crippen molar-refractivity contribution in [3.05, 3.63) is 0 Å². The number of hydrogen-bond acceptors (Lipinski definition) is 6. The first-order chi connectivity index (χ1) is 5.36. The molecule has 0 aliphatic carbocycles. The van der Waals surface area contributed by atoms with Gasteiger partial charge in [0, 0.05) is 5.97 Å². The summed E-state index contributed by atoms with van der Waals surface area (Å²) in [6.45, 7) is 0. The molecule has 0 aromatic rings. The molecule has 0 saturated carbocycles. The molecule has 0 saturated heterocycles. The predicted molar refractivity (Wildman–Crippen MR) is 33.0 cm³/mol. The van der Waals surface area contributed by atoms with E-state index in [4.69, 9.17) is 20.1 Å². The Morgan fingerprint density at radius 1 is 1.00 bits per heavy atom. The average Bonchev–Trinajstić information content (AvgIpc) is 1.82. The van der Waals surface area contributed by atoms with E-state index in [1.54, 1.807) is 0 Å². The number of carbonyl (C=O) groups is 3. The van der Waals surface area contributed by atoms with Crippen LogP contribution in [-0.4, -0.2) is 60.9 Å². The van der Waals surface area contributed by atoms with Gasteiger partial charge in [0.15, 0.2) is 0 Å². The van der Waals surface area contributed by atoms with Crippen molar-refractivity contribution in [2.24, 2.45) is 0 Å². The second kappa shape index (κ2) is 15.9. The van der Waals surface area contributed by atoms with Gasteiger partial charge in [-0.15, -0.1) is 0 Å². The quantitative estimate of drug-likeness (QED) is 0.483. The van der Waals surface area contributed by atoms with Gasteiger partial charge in [0.2, 0.25) is 0 Å². The smallest absolute Gasteiger partial charge is 0.652 e. The fourth-order valence-electron chi connectivity index (χ4n) is 0.209. The summed E-state index contributed by atoms with van der Waals surface area (Å²) in [7, 11) is 0. The summed E-state index contributed by atoms with van der Waals surface area (Å²) in [5, 5.41) is 34.1. The number of rotatable bonds is 3. The van der Waals surface area contributed by atoms with E-state index in [1.165, 1.54) is 0 Å². The van der Waals surface area contributed by atoms with Crippen LogP contribution in [0.5, 0.6) is 0 Å². The van der Waals surface area contributed by atoms with Gasteiger partial charge in [0.1, 0.15) is 0 Å². The molecule has 14 heavy (non-hydrogen) atoms. The first-order valence-corrected chi connectivity index (χ1v) is 2.66. The van der Waals surface area contributed by atoms with Crippen molar-refractivity contribution in [3.63, 3.8) is 0 Å². The number of carbonyl (C=O) groups excluding carboxylic acids is 2. The zero-order chi connectivity index (χ0) is 10.1. The molecule has 1 N–H and O–H groups in total. The van der Waals surface area contributed by atoms with E-state index in [2.05, 4.69) is 0 Å². The van der Waals surface area contributed by atoms with Crippen molar-refractivity contribution in [2.45, 2.75) is 12.8 Å². The van der Waals surface area contributed by atoms with Crippen LogP contribution < -0.4 is 44.9 Å². The van der Waals surface area contributed by atoms with Gasteiger partial charge >= 0.3 is 73.3 Å². The minimum Gasteiger partial charge on any atom is -0.652 e. The van der Waals surface area contributed by atoms with E-state index in [9.17, 15) is 14.7 Å². The number of hydrogen-bond donors (Lipinski definition) is 1. The van der Waals surface area contributed by atoms with Crippen LogP contribution in [0.2, 0.25) is 0 Å². The predicted octanol–water partition coefficient (Wildman–Crippen LogP) is -7.22. The van der Waals surface area contributed by atoms with Gasteiger partial charge in [0.25, 0.3) is 0 Å². The standard InChI is InChI=1S/C4H6O4.CH2O3.Ca.Na/c5-3(6)1-2-4(7)8;2-1(3)4;;/h1-2H2,(H,5,6)(H,7,8);(H2,2,3,4);;/q;;+2;+1/p-3. The van der Waals surface area contributed by atoms with Gasteiger partial charge in [0.05, 0.1) is 6.42 Å². The first kappa shape index (κ1) is 24.0. The van der Waals surface area contributed by atoms with Crippen LogP contribution in [0, 0.1) is 0 Å². The summed E-state index contributed by atoms with van der Waals surface area (Å²) < 4.78 is 0. The maximum absolute atomic E-state index is 9.61. The second-order valence-corrected chi connectivity index (χ2v) is 1.52. The van der Waals surface area contributed by atoms with Gasteiger partial charge < -0.3 is 30.0 Å². The van der Waals surface area contributed by atoms with Crippen LogP contribution >= 0.6 is 0 Å². The molecule has 0 radical (unpaired) electrons. The molecule has 70 valence electrons. The summed E-state index contributed by atoms with van der Waals surface area (Å²) in [5.41, 5.74) is 0. The Bertz CT molecular complexity index is 165. The Morgan fingerprint density at radius 3 is 1.36 bits per heavy atom. The van der Waals surface area contributed by atoms with Crippen LogP contribution in [0.15, 0.2) is 0 Å². The molecule has 0 aromatic heterocycles. The van der Waals surface area contributed by atoms with Crippen LogP contribution in [0.1, 0.15) is 12.8 Å². The molecule has 0 heterocycles. The number of carboxylic acids is 2. The summed E-state index contributed by atoms with van der Waals surface area (Å²) in [5.74, 6) is -2.44. The first-order valence-electron chi connectivity index (χ1n) is 2.66. The zero-order valence-electron chi connectivity index (χ0n) is 7.52. The van der Waals surface area contributed by atoms with Crippen LogP contribution in [0.25, 0.3) is 0 Å². The van der Waals surface area contributed by atoms with Gasteiger partial charge in [-0.2, -0.15) is 0 Å². The Balaban J connectivity index is -0.0000000733. The van der Waals surface area contributed by atoms with E-state index >= 15 is 0 Å². The molecular weight excluding hydrogens is 235 g/mol. The van der Waals surface area contributed by atoms with Gasteiger partial charge in [-0.3, -0.25) is 4.79 Å². The molecule has 0 spiro atoms. The van der Waals surface area contributed by atoms with Crippen molar-refractivity contribution in [2.75, 3.05) is 0 Å². The van der Waals surface area contributed by atoms with E-state index < -0.39 is 24.5 Å². The molecule has 0 aliphatic heterocycles. The fourth-order valence-corrected chi connectivity index (χ4v) is 0.209. The van der Waals surface area contributed by atoms with E-state index in [0.717, 1.165) is 0 Å². The molecule has 0 aliphatic rings. The maximum Gasteiger partial charge on any atom is 2.00 e. The SMILES string of the molecule is O=C([O-])CCC(=O)O.O=C([O-])[O-].[Ca+2].[Na+]. The number of carboxylic acid groups (broad SMARTS) is 4. The molecule has 0 rings (SSSR count). The molecule has 0 bridgehead atoms. The summed E-state index contributed by atoms with van der Waals surface area (Å²) in [6, 6.07) is 0. The van der Waals surface area contributed by atoms with Crippen molar-refractivity contribution in [3.8, 4) is 0 Å². The van der Waals surface area contributed by atoms with Crippen LogP contribution in [0.3, 0.4) is 0 Å². The number of aliphatic carboxylic acids is 2. The molecule has 0 aromatic carbocycles. The maximum atomic E-state index is 9.61. The third-order valence-electron chi connectivity index (χ3n) is 0.543. The largest absolute Gasteiger partial charge is 2.00 e. The van der Waals surface area contributed by atoms with E-state index in [-0.39, 0.29) is 73.7 Å². The molecule has 0 unspecified atom stereocenters. The second-order valence-electron chi connectivity index (χ2n) is 1.52. The average molecular weight is 240 g/mol. The Hall–Kier alpha value is 0.470. The minimum absolute atomic E-state index is 0. The molecule has 0 atom stereocenters. The van der Waals surface area contributed by atoms with E-state index in [1.807, 2.05) is 0 Å². The van der Waals surface area contributed by atoms with Gasteiger partial charge in [-0.05, 0) is 12.6 Å². The molecule has 0 fully saturated rings. The third kappa shape index (κ3) is 54.8. The van der Waals surface area contributed by atoms with Gasteiger partial charge in [-0.1, -0.05) is 0 Å². The summed E-state index contributed by atoms with van der Waals surface area (Å²) in [6.07, 6.45) is -3.10. The van der Waals surface area contributed by atoms with Crippen molar-refractivity contribution in [1.29, 1.82) is 0 Å². The molecule has 9 heteroatoms. The Kier molecular flexibility index (Phi) is 27.2. The van der Waals surface area contributed by atoms with Crippen molar-refractivity contribution >= 4 is 55.8 Å². The fraction of sp³-hybridized carbons (Fsp3) is 0.400. The van der Waals surface area contributed by atoms with E-state index in [0.29, 0.717) is 0 Å². The third-order valence-corrected chi connectivity index (χ3v) is 0.543. The molecule has 7 nitrogen and oxygen atoms in total.